The third-order valence-corrected chi connectivity index (χ3v) is 4.40. The highest BCUT2D eigenvalue weighted by atomic mass is 79.9. The van der Waals surface area contributed by atoms with E-state index < -0.39 is 0 Å². The Hall–Kier alpha value is -0.670. The number of allylic oxidation sites excluding steroid dienone is 1. The topological polar surface area (TPSA) is 24.9 Å². The van der Waals surface area contributed by atoms with Crippen LogP contribution in [0.15, 0.2) is 29.0 Å². The molecule has 0 radical (unpaired) electrons. The van der Waals surface area contributed by atoms with Crippen molar-refractivity contribution in [1.29, 1.82) is 0 Å². The highest BCUT2D eigenvalue weighted by molar-refractivity contribution is 9.10. The number of hydrogen-bond acceptors (Lipinski definition) is 2. The summed E-state index contributed by atoms with van der Waals surface area (Å²) in [5.41, 5.74) is 2.74. The fourth-order valence-electron chi connectivity index (χ4n) is 2.96. The van der Waals surface area contributed by atoms with Gasteiger partial charge in [0.1, 0.15) is 4.60 Å². The van der Waals surface area contributed by atoms with Crippen molar-refractivity contribution in [1.82, 2.24) is 10.3 Å². The highest BCUT2D eigenvalue weighted by Gasteiger charge is 2.28. The van der Waals surface area contributed by atoms with Crippen LogP contribution in [0, 0.1) is 5.92 Å². The minimum absolute atomic E-state index is 0.687. The van der Waals surface area contributed by atoms with E-state index in [9.17, 15) is 0 Å². The molecule has 1 N–H and O–H groups in total. The Morgan fingerprint density at radius 1 is 1.35 bits per heavy atom. The molecule has 90 valence electrons. The molecular formula is C14H17BrN2. The Bertz CT molecular complexity index is 424. The van der Waals surface area contributed by atoms with Gasteiger partial charge in [0.15, 0.2) is 0 Å². The van der Waals surface area contributed by atoms with E-state index in [0.29, 0.717) is 6.04 Å². The Morgan fingerprint density at radius 2 is 2.29 bits per heavy atom. The first-order chi connectivity index (χ1) is 8.33. The molecule has 1 aromatic rings. The first-order valence-electron chi connectivity index (χ1n) is 6.37. The number of aromatic nitrogens is 1. The van der Waals surface area contributed by atoms with E-state index in [2.05, 4.69) is 38.4 Å². The van der Waals surface area contributed by atoms with Crippen LogP contribution in [0.4, 0.5) is 0 Å². The quantitative estimate of drug-likeness (QED) is 0.803. The predicted molar refractivity (Wildman–Crippen MR) is 73.7 cm³/mol. The number of rotatable bonds is 1. The maximum atomic E-state index is 4.31. The second kappa shape index (κ2) is 4.91. The van der Waals surface area contributed by atoms with Crippen molar-refractivity contribution in [3.8, 4) is 0 Å². The van der Waals surface area contributed by atoms with Crippen LogP contribution < -0.4 is 5.32 Å². The van der Waals surface area contributed by atoms with Crippen molar-refractivity contribution >= 4 is 21.5 Å². The van der Waals surface area contributed by atoms with Crippen molar-refractivity contribution in [2.45, 2.75) is 31.7 Å². The summed E-state index contributed by atoms with van der Waals surface area (Å²) in [6.45, 7) is 1.19. The van der Waals surface area contributed by atoms with E-state index in [1.54, 1.807) is 0 Å². The highest BCUT2D eigenvalue weighted by Crippen LogP contribution is 2.34. The molecule has 0 unspecified atom stereocenters. The summed E-state index contributed by atoms with van der Waals surface area (Å²) in [4.78, 5) is 4.31. The van der Waals surface area contributed by atoms with Gasteiger partial charge < -0.3 is 5.32 Å². The Balaban J connectivity index is 1.80. The summed E-state index contributed by atoms with van der Waals surface area (Å²) in [7, 11) is 0. The third-order valence-electron chi connectivity index (χ3n) is 3.93. The van der Waals surface area contributed by atoms with Crippen LogP contribution in [0.25, 0.3) is 5.57 Å². The zero-order chi connectivity index (χ0) is 11.7. The van der Waals surface area contributed by atoms with Crippen molar-refractivity contribution in [2.24, 2.45) is 5.92 Å². The van der Waals surface area contributed by atoms with Crippen molar-refractivity contribution < 1.29 is 0 Å². The summed E-state index contributed by atoms with van der Waals surface area (Å²) in [6, 6.07) is 4.87. The fourth-order valence-corrected chi connectivity index (χ4v) is 3.19. The molecule has 1 fully saturated rings. The number of nitrogens with one attached hydrogen (secondary N) is 1. The normalized spacial score (nSPS) is 28.4. The maximum absolute atomic E-state index is 4.31. The Morgan fingerprint density at radius 3 is 3.12 bits per heavy atom. The van der Waals surface area contributed by atoms with Gasteiger partial charge in [0.2, 0.25) is 0 Å². The molecule has 2 aliphatic rings. The molecule has 2 atom stereocenters. The van der Waals surface area contributed by atoms with E-state index in [0.717, 1.165) is 16.9 Å². The van der Waals surface area contributed by atoms with Gasteiger partial charge in [-0.1, -0.05) is 12.1 Å². The van der Waals surface area contributed by atoms with Crippen molar-refractivity contribution in [3.63, 3.8) is 0 Å². The monoisotopic (exact) mass is 292 g/mol. The van der Waals surface area contributed by atoms with Gasteiger partial charge in [-0.3, -0.25) is 0 Å². The lowest BCUT2D eigenvalue weighted by molar-refractivity contribution is 0.278. The van der Waals surface area contributed by atoms with Crippen LogP contribution in [0.2, 0.25) is 0 Å². The number of hydrogen-bond donors (Lipinski definition) is 1. The lowest BCUT2D eigenvalue weighted by atomic mass is 9.78. The van der Waals surface area contributed by atoms with Gasteiger partial charge in [0, 0.05) is 12.2 Å². The Kier molecular flexibility index (Phi) is 3.30. The van der Waals surface area contributed by atoms with Crippen molar-refractivity contribution in [2.75, 3.05) is 6.54 Å². The van der Waals surface area contributed by atoms with Gasteiger partial charge in [-0.2, -0.15) is 0 Å². The number of piperidine rings is 1. The number of fused-ring (bicyclic) bond motifs is 1. The van der Waals surface area contributed by atoms with E-state index >= 15 is 0 Å². The molecule has 1 saturated heterocycles. The van der Waals surface area contributed by atoms with Crippen molar-refractivity contribution in [3.05, 3.63) is 34.6 Å². The van der Waals surface area contributed by atoms with E-state index in [-0.39, 0.29) is 0 Å². The molecule has 0 amide bonds. The van der Waals surface area contributed by atoms with Crippen LogP contribution in [-0.2, 0) is 0 Å². The molecule has 2 nitrogen and oxygen atoms in total. The van der Waals surface area contributed by atoms with Gasteiger partial charge in [-0.25, -0.2) is 4.98 Å². The van der Waals surface area contributed by atoms with Gasteiger partial charge in [0.25, 0.3) is 0 Å². The smallest absolute Gasteiger partial charge is 0.106 e. The summed E-state index contributed by atoms with van der Waals surface area (Å²) >= 11 is 3.38. The van der Waals surface area contributed by atoms with Gasteiger partial charge in [-0.05, 0) is 71.3 Å². The molecular weight excluding hydrogens is 276 g/mol. The largest absolute Gasteiger partial charge is 0.313 e. The first kappa shape index (κ1) is 11.4. The van der Waals surface area contributed by atoms with E-state index in [4.69, 9.17) is 0 Å². The Labute approximate surface area is 111 Å². The molecule has 2 heterocycles. The molecule has 1 aromatic heterocycles. The molecule has 3 heteroatoms. The standard InChI is InChI=1S/C14H17BrN2/c15-14-6-5-12(9-17-14)11-4-3-10-2-1-7-16-13(10)8-11/h4-6,9-10,13,16H,1-3,7-8H2/t10-,13+/m1/s1. The molecule has 3 rings (SSSR count). The maximum Gasteiger partial charge on any atom is 0.106 e. The van der Waals surface area contributed by atoms with E-state index in [1.165, 1.54) is 36.9 Å². The summed E-state index contributed by atoms with van der Waals surface area (Å²) in [5.74, 6) is 0.857. The minimum Gasteiger partial charge on any atom is -0.313 e. The van der Waals surface area contributed by atoms with E-state index in [1.807, 2.05) is 12.3 Å². The molecule has 0 aromatic carbocycles. The lowest BCUT2D eigenvalue weighted by Crippen LogP contribution is -2.42. The fraction of sp³-hybridized carbons (Fsp3) is 0.500. The predicted octanol–water partition coefficient (Wildman–Crippen LogP) is 3.39. The van der Waals surface area contributed by atoms with Gasteiger partial charge in [-0.15, -0.1) is 0 Å². The molecule has 17 heavy (non-hydrogen) atoms. The molecule has 0 spiro atoms. The summed E-state index contributed by atoms with van der Waals surface area (Å²) < 4.78 is 0.909. The summed E-state index contributed by atoms with van der Waals surface area (Å²) in [6.07, 6.45) is 9.50. The molecule has 1 aliphatic heterocycles. The zero-order valence-corrected chi connectivity index (χ0v) is 11.4. The molecule has 0 saturated carbocycles. The third kappa shape index (κ3) is 2.45. The first-order valence-corrected chi connectivity index (χ1v) is 7.16. The number of nitrogens with zero attached hydrogens (tertiary/aromatic N) is 1. The minimum atomic E-state index is 0.687. The lowest BCUT2D eigenvalue weighted by Gasteiger charge is -2.36. The van der Waals surface area contributed by atoms with Crippen LogP contribution >= 0.6 is 15.9 Å². The van der Waals surface area contributed by atoms with Crippen LogP contribution in [0.1, 0.15) is 31.2 Å². The molecule has 0 bridgehead atoms. The average Bonchev–Trinajstić information content (AvgIpc) is 2.39. The van der Waals surface area contributed by atoms with Gasteiger partial charge >= 0.3 is 0 Å². The average molecular weight is 293 g/mol. The van der Waals surface area contributed by atoms with Gasteiger partial charge in [0.05, 0.1) is 0 Å². The SMILES string of the molecule is Brc1ccc(C2=CC[C@H]3CCCN[C@H]3C2)cn1. The second-order valence-corrected chi connectivity index (χ2v) is 5.81. The van der Waals surface area contributed by atoms with Crippen LogP contribution in [0.5, 0.6) is 0 Å². The second-order valence-electron chi connectivity index (χ2n) is 5.00. The summed E-state index contributed by atoms with van der Waals surface area (Å²) in [5, 5.41) is 3.66. The number of halogens is 1. The zero-order valence-electron chi connectivity index (χ0n) is 9.82. The van der Waals surface area contributed by atoms with Crippen LogP contribution in [0.3, 0.4) is 0 Å². The van der Waals surface area contributed by atoms with Crippen LogP contribution in [-0.4, -0.2) is 17.6 Å². The molecule has 1 aliphatic carbocycles. The number of pyridine rings is 1.